The predicted octanol–water partition coefficient (Wildman–Crippen LogP) is 3.58. The first-order chi connectivity index (χ1) is 8.15. The first-order valence-electron chi connectivity index (χ1n) is 5.06. The van der Waals surface area contributed by atoms with Crippen LogP contribution in [0.1, 0.15) is 5.56 Å². The van der Waals surface area contributed by atoms with Crippen molar-refractivity contribution in [3.63, 3.8) is 0 Å². The first-order valence-corrected chi connectivity index (χ1v) is 6.14. The molecule has 17 heavy (non-hydrogen) atoms. The summed E-state index contributed by atoms with van der Waals surface area (Å²) in [4.78, 5) is 0. The Bertz CT molecular complexity index is 700. The van der Waals surface area contributed by atoms with E-state index in [1.807, 2.05) is 25.1 Å². The molecule has 3 rings (SSSR count). The van der Waals surface area contributed by atoms with Crippen LogP contribution in [0.5, 0.6) is 0 Å². The fourth-order valence-electron chi connectivity index (χ4n) is 1.72. The van der Waals surface area contributed by atoms with E-state index in [9.17, 15) is 0 Å². The van der Waals surface area contributed by atoms with E-state index in [1.165, 1.54) is 5.56 Å². The number of anilines is 1. The van der Waals surface area contributed by atoms with E-state index in [-0.39, 0.29) is 0 Å². The predicted molar refractivity (Wildman–Crippen MR) is 73.6 cm³/mol. The molecule has 0 atom stereocenters. The average Bonchev–Trinajstić information content (AvgIpc) is 2.83. The van der Waals surface area contributed by atoms with Crippen LogP contribution in [-0.2, 0) is 0 Å². The molecule has 3 aromatic rings. The fraction of sp³-hybridized carbons (Fsp3) is 0.0833. The van der Waals surface area contributed by atoms with Crippen molar-refractivity contribution in [2.75, 3.05) is 5.73 Å². The minimum Gasteiger partial charge on any atom is -0.453 e. The average molecular weight is 340 g/mol. The highest BCUT2D eigenvalue weighted by Crippen LogP contribution is 2.33. The smallest absolute Gasteiger partial charge is 0.217 e. The lowest BCUT2D eigenvalue weighted by molar-refractivity contribution is 0.423. The van der Waals surface area contributed by atoms with Crippen LogP contribution in [0, 0.1) is 10.5 Å². The first kappa shape index (κ1) is 10.6. The van der Waals surface area contributed by atoms with Crippen LogP contribution in [0.3, 0.4) is 0 Å². The summed E-state index contributed by atoms with van der Waals surface area (Å²) in [5.74, 6) is 1.62. The Labute approximate surface area is 111 Å². The Morgan fingerprint density at radius 1 is 1.29 bits per heavy atom. The summed E-state index contributed by atoms with van der Waals surface area (Å²) in [7, 11) is 0. The van der Waals surface area contributed by atoms with Gasteiger partial charge in [-0.2, -0.15) is 0 Å². The van der Waals surface area contributed by atoms with E-state index in [1.54, 1.807) is 0 Å². The number of hydrogen-bond donors (Lipinski definition) is 1. The highest BCUT2D eigenvalue weighted by Gasteiger charge is 2.17. The standard InChI is InChI=1S/C12H9IN2O2/c1-6-2-3-8-7(4-6)5-9(16-8)11-10(13)12(14)15-17-11/h2-5H,1H3,(H2,14,15). The molecule has 0 amide bonds. The molecule has 86 valence electrons. The zero-order chi connectivity index (χ0) is 12.0. The molecule has 0 fully saturated rings. The Hall–Kier alpha value is -1.50. The van der Waals surface area contributed by atoms with E-state index >= 15 is 0 Å². The summed E-state index contributed by atoms with van der Waals surface area (Å²) >= 11 is 2.09. The van der Waals surface area contributed by atoms with Gasteiger partial charge in [0, 0.05) is 5.39 Å². The maximum absolute atomic E-state index is 5.71. The van der Waals surface area contributed by atoms with Crippen molar-refractivity contribution in [3.8, 4) is 11.5 Å². The molecule has 4 nitrogen and oxygen atoms in total. The van der Waals surface area contributed by atoms with Crippen LogP contribution in [0.15, 0.2) is 33.2 Å². The van der Waals surface area contributed by atoms with Gasteiger partial charge in [0.2, 0.25) is 5.76 Å². The number of benzene rings is 1. The second kappa shape index (κ2) is 3.76. The minimum absolute atomic E-state index is 0.386. The molecule has 0 aliphatic rings. The van der Waals surface area contributed by atoms with Crippen molar-refractivity contribution in [1.29, 1.82) is 0 Å². The van der Waals surface area contributed by atoms with Crippen molar-refractivity contribution in [2.24, 2.45) is 0 Å². The summed E-state index contributed by atoms with van der Waals surface area (Å²) in [6.45, 7) is 2.04. The van der Waals surface area contributed by atoms with Gasteiger partial charge in [-0.15, -0.1) is 0 Å². The van der Waals surface area contributed by atoms with Crippen LogP contribution in [0.25, 0.3) is 22.5 Å². The van der Waals surface area contributed by atoms with Crippen LogP contribution >= 0.6 is 22.6 Å². The summed E-state index contributed by atoms with van der Waals surface area (Å²) in [6.07, 6.45) is 0. The number of aromatic nitrogens is 1. The maximum atomic E-state index is 5.71. The zero-order valence-electron chi connectivity index (χ0n) is 9.03. The highest BCUT2D eigenvalue weighted by atomic mass is 127. The summed E-state index contributed by atoms with van der Waals surface area (Å²) in [5.41, 5.74) is 7.66. The Kier molecular flexibility index (Phi) is 2.36. The molecule has 0 bridgehead atoms. The third-order valence-corrected chi connectivity index (χ3v) is 3.60. The molecule has 0 saturated heterocycles. The van der Waals surface area contributed by atoms with Crippen molar-refractivity contribution >= 4 is 39.4 Å². The number of furan rings is 1. The number of fused-ring (bicyclic) bond motifs is 1. The van der Waals surface area contributed by atoms with Crippen molar-refractivity contribution in [3.05, 3.63) is 33.4 Å². The molecule has 0 unspecified atom stereocenters. The highest BCUT2D eigenvalue weighted by molar-refractivity contribution is 14.1. The van der Waals surface area contributed by atoms with Crippen LogP contribution in [-0.4, -0.2) is 5.16 Å². The zero-order valence-corrected chi connectivity index (χ0v) is 11.2. The Morgan fingerprint density at radius 2 is 2.12 bits per heavy atom. The third kappa shape index (κ3) is 1.70. The lowest BCUT2D eigenvalue weighted by atomic mass is 10.2. The normalized spacial score (nSPS) is 11.2. The molecule has 1 aromatic carbocycles. The lowest BCUT2D eigenvalue weighted by Gasteiger charge is -1.90. The topological polar surface area (TPSA) is 65.2 Å². The van der Waals surface area contributed by atoms with Crippen molar-refractivity contribution in [1.82, 2.24) is 5.16 Å². The van der Waals surface area contributed by atoms with Crippen LogP contribution < -0.4 is 5.73 Å². The fourth-order valence-corrected chi connectivity index (χ4v) is 2.18. The maximum Gasteiger partial charge on any atom is 0.217 e. The monoisotopic (exact) mass is 340 g/mol. The molecule has 2 aromatic heterocycles. The second-order valence-corrected chi connectivity index (χ2v) is 4.94. The van der Waals surface area contributed by atoms with Gasteiger partial charge >= 0.3 is 0 Å². The van der Waals surface area contributed by atoms with Gasteiger partial charge in [0.15, 0.2) is 11.6 Å². The molecule has 2 N–H and O–H groups in total. The van der Waals surface area contributed by atoms with Gasteiger partial charge in [-0.1, -0.05) is 16.8 Å². The summed E-state index contributed by atoms with van der Waals surface area (Å²) in [5, 5.41) is 4.76. The molecule has 0 radical (unpaired) electrons. The van der Waals surface area contributed by atoms with E-state index in [2.05, 4.69) is 33.8 Å². The number of nitrogen functional groups attached to an aromatic ring is 1. The van der Waals surface area contributed by atoms with Gasteiger partial charge in [-0.3, -0.25) is 0 Å². The molecular formula is C12H9IN2O2. The van der Waals surface area contributed by atoms with Crippen molar-refractivity contribution < 1.29 is 8.94 Å². The lowest BCUT2D eigenvalue weighted by Crippen LogP contribution is -1.85. The van der Waals surface area contributed by atoms with E-state index in [0.717, 1.165) is 14.5 Å². The second-order valence-electron chi connectivity index (χ2n) is 3.86. The molecule has 2 heterocycles. The SMILES string of the molecule is Cc1ccc2oc(-c3onc(N)c3I)cc2c1. The third-order valence-electron chi connectivity index (χ3n) is 2.56. The van der Waals surface area contributed by atoms with Gasteiger partial charge in [0.1, 0.15) is 9.15 Å². The van der Waals surface area contributed by atoms with Gasteiger partial charge in [0.25, 0.3) is 0 Å². The molecule has 0 spiro atoms. The van der Waals surface area contributed by atoms with E-state index in [0.29, 0.717) is 17.3 Å². The van der Waals surface area contributed by atoms with Gasteiger partial charge in [-0.25, -0.2) is 0 Å². The quantitative estimate of drug-likeness (QED) is 0.688. The number of nitrogens with zero attached hydrogens (tertiary/aromatic N) is 1. The molecule has 5 heteroatoms. The number of rotatable bonds is 1. The Balaban J connectivity index is 2.21. The number of halogens is 1. The largest absolute Gasteiger partial charge is 0.453 e. The molecular weight excluding hydrogens is 331 g/mol. The van der Waals surface area contributed by atoms with Crippen LogP contribution in [0.4, 0.5) is 5.82 Å². The number of aryl methyl sites for hydroxylation is 1. The Morgan fingerprint density at radius 3 is 2.82 bits per heavy atom. The summed E-state index contributed by atoms with van der Waals surface area (Å²) < 4.78 is 11.7. The van der Waals surface area contributed by atoms with Crippen molar-refractivity contribution in [2.45, 2.75) is 6.92 Å². The van der Waals surface area contributed by atoms with Gasteiger partial charge in [-0.05, 0) is 47.7 Å². The number of hydrogen-bond acceptors (Lipinski definition) is 4. The van der Waals surface area contributed by atoms with E-state index in [4.69, 9.17) is 14.7 Å². The molecule has 0 aliphatic carbocycles. The van der Waals surface area contributed by atoms with E-state index < -0.39 is 0 Å². The van der Waals surface area contributed by atoms with Crippen LogP contribution in [0.2, 0.25) is 0 Å². The van der Waals surface area contributed by atoms with Gasteiger partial charge in [0.05, 0.1) is 0 Å². The molecule has 0 aliphatic heterocycles. The summed E-state index contributed by atoms with van der Waals surface area (Å²) in [6, 6.07) is 7.95. The minimum atomic E-state index is 0.386. The molecule has 0 saturated carbocycles. The van der Waals surface area contributed by atoms with Gasteiger partial charge < -0.3 is 14.7 Å². The number of nitrogens with two attached hydrogens (primary N) is 1.